The van der Waals surface area contributed by atoms with E-state index in [4.69, 9.17) is 4.52 Å². The summed E-state index contributed by atoms with van der Waals surface area (Å²) in [5.74, 6) is 0.722. The van der Waals surface area contributed by atoms with Crippen molar-refractivity contribution in [2.45, 2.75) is 39.0 Å². The largest absolute Gasteiger partial charge is 0.361 e. The molecule has 3 rings (SSSR count). The van der Waals surface area contributed by atoms with Crippen molar-refractivity contribution < 1.29 is 9.32 Å². The molecule has 1 aromatic heterocycles. The number of hydrogen-bond acceptors (Lipinski definition) is 3. The van der Waals surface area contributed by atoms with Crippen LogP contribution >= 0.6 is 0 Å². The van der Waals surface area contributed by atoms with Crippen LogP contribution in [0.4, 0.5) is 0 Å². The van der Waals surface area contributed by atoms with Crippen LogP contribution in [0, 0.1) is 12.3 Å². The highest BCUT2D eigenvalue weighted by atomic mass is 16.5. The van der Waals surface area contributed by atoms with Crippen LogP contribution in [0.15, 0.2) is 10.6 Å². The van der Waals surface area contributed by atoms with Crippen LogP contribution in [0.5, 0.6) is 0 Å². The summed E-state index contributed by atoms with van der Waals surface area (Å²) >= 11 is 0. The van der Waals surface area contributed by atoms with Crippen LogP contribution in [0.3, 0.4) is 0 Å². The number of aromatic nitrogens is 1. The van der Waals surface area contributed by atoms with Gasteiger partial charge in [-0.1, -0.05) is 24.4 Å². The summed E-state index contributed by atoms with van der Waals surface area (Å²) in [4.78, 5) is 14.0. The maximum absolute atomic E-state index is 12.1. The van der Waals surface area contributed by atoms with Gasteiger partial charge in [0, 0.05) is 24.6 Å². The summed E-state index contributed by atoms with van der Waals surface area (Å²) in [6.07, 6.45) is 6.58. The Morgan fingerprint density at radius 1 is 1.35 bits per heavy atom. The fourth-order valence-corrected chi connectivity index (χ4v) is 3.15. The van der Waals surface area contributed by atoms with Crippen LogP contribution in [0.1, 0.15) is 48.4 Å². The van der Waals surface area contributed by atoms with E-state index in [2.05, 4.69) is 5.16 Å². The van der Waals surface area contributed by atoms with Crippen molar-refractivity contribution in [3.05, 3.63) is 17.5 Å². The fourth-order valence-electron chi connectivity index (χ4n) is 3.15. The van der Waals surface area contributed by atoms with Crippen molar-refractivity contribution in [2.75, 3.05) is 13.1 Å². The van der Waals surface area contributed by atoms with Gasteiger partial charge in [0.1, 0.15) is 5.76 Å². The lowest BCUT2D eigenvalue weighted by atomic mass is 9.68. The maximum atomic E-state index is 12.1. The molecule has 1 saturated carbocycles. The van der Waals surface area contributed by atoms with E-state index in [-0.39, 0.29) is 5.91 Å². The van der Waals surface area contributed by atoms with Crippen molar-refractivity contribution in [1.82, 2.24) is 10.1 Å². The minimum Gasteiger partial charge on any atom is -0.361 e. The molecular formula is C13H18N2O2. The van der Waals surface area contributed by atoms with E-state index in [9.17, 15) is 4.79 Å². The Bertz CT molecular complexity index is 424. The summed E-state index contributed by atoms with van der Waals surface area (Å²) < 4.78 is 4.94. The first-order valence-electron chi connectivity index (χ1n) is 6.41. The van der Waals surface area contributed by atoms with E-state index >= 15 is 0 Å². The first-order chi connectivity index (χ1) is 8.19. The smallest absolute Gasteiger partial charge is 0.276 e. The molecule has 0 unspecified atom stereocenters. The van der Waals surface area contributed by atoms with Crippen LogP contribution in [0.2, 0.25) is 0 Å². The number of likely N-dealkylation sites (tertiary alicyclic amines) is 1. The number of nitrogens with zero attached hydrogens (tertiary/aromatic N) is 2. The Labute approximate surface area is 101 Å². The average Bonchev–Trinajstić information content (AvgIpc) is 2.73. The van der Waals surface area contributed by atoms with E-state index in [0.29, 0.717) is 16.9 Å². The monoisotopic (exact) mass is 234 g/mol. The molecule has 2 aliphatic rings. The number of rotatable bonds is 1. The van der Waals surface area contributed by atoms with Gasteiger partial charge in [0.05, 0.1) is 0 Å². The minimum absolute atomic E-state index is 0.0260. The molecule has 1 aromatic rings. The molecule has 17 heavy (non-hydrogen) atoms. The van der Waals surface area contributed by atoms with Crippen LogP contribution in [0.25, 0.3) is 0 Å². The van der Waals surface area contributed by atoms with Crippen molar-refractivity contribution in [1.29, 1.82) is 0 Å². The number of amides is 1. The van der Waals surface area contributed by atoms with Gasteiger partial charge < -0.3 is 9.42 Å². The van der Waals surface area contributed by atoms with Gasteiger partial charge in [-0.25, -0.2) is 0 Å². The molecule has 4 heteroatoms. The second-order valence-electron chi connectivity index (χ2n) is 5.54. The summed E-state index contributed by atoms with van der Waals surface area (Å²) in [6.45, 7) is 3.64. The second kappa shape index (κ2) is 3.86. The lowest BCUT2D eigenvalue weighted by Crippen LogP contribution is -2.59. The zero-order valence-corrected chi connectivity index (χ0v) is 10.2. The van der Waals surface area contributed by atoms with Gasteiger partial charge in [0.2, 0.25) is 0 Å². The van der Waals surface area contributed by atoms with Crippen molar-refractivity contribution in [3.63, 3.8) is 0 Å². The molecule has 0 N–H and O–H groups in total. The summed E-state index contributed by atoms with van der Waals surface area (Å²) in [7, 11) is 0. The van der Waals surface area contributed by atoms with Crippen molar-refractivity contribution in [3.8, 4) is 0 Å². The third kappa shape index (κ3) is 1.85. The number of aryl methyl sites for hydroxylation is 1. The molecule has 0 radical (unpaired) electrons. The van der Waals surface area contributed by atoms with E-state index in [1.165, 1.54) is 32.1 Å². The molecule has 2 heterocycles. The van der Waals surface area contributed by atoms with Crippen LogP contribution in [-0.2, 0) is 0 Å². The molecular weight excluding hydrogens is 216 g/mol. The van der Waals surface area contributed by atoms with Crippen LogP contribution < -0.4 is 0 Å². The highest BCUT2D eigenvalue weighted by Gasteiger charge is 2.45. The molecule has 0 atom stereocenters. The summed E-state index contributed by atoms with van der Waals surface area (Å²) in [5.41, 5.74) is 0.889. The Morgan fingerprint density at radius 3 is 2.65 bits per heavy atom. The van der Waals surface area contributed by atoms with Gasteiger partial charge in [0.15, 0.2) is 5.69 Å². The van der Waals surface area contributed by atoms with Gasteiger partial charge in [0.25, 0.3) is 5.91 Å². The van der Waals surface area contributed by atoms with Gasteiger partial charge >= 0.3 is 0 Å². The first kappa shape index (κ1) is 10.8. The topological polar surface area (TPSA) is 46.3 Å². The number of carbonyl (C=O) groups excluding carboxylic acids is 1. The maximum Gasteiger partial charge on any atom is 0.276 e. The molecule has 1 aliphatic carbocycles. The summed E-state index contributed by atoms with van der Waals surface area (Å²) in [5, 5.41) is 3.79. The zero-order chi connectivity index (χ0) is 11.9. The Hall–Kier alpha value is -1.32. The lowest BCUT2D eigenvalue weighted by molar-refractivity contribution is -0.0160. The van der Waals surface area contributed by atoms with Crippen molar-refractivity contribution >= 4 is 5.91 Å². The normalized spacial score (nSPS) is 22.5. The molecule has 1 aliphatic heterocycles. The van der Waals surface area contributed by atoms with Gasteiger partial charge in [-0.3, -0.25) is 4.79 Å². The second-order valence-corrected chi connectivity index (χ2v) is 5.54. The SMILES string of the molecule is Cc1cc(C(=O)N2CC3(CCCCC3)C2)no1. The third-order valence-electron chi connectivity index (χ3n) is 4.10. The highest BCUT2D eigenvalue weighted by Crippen LogP contribution is 2.44. The summed E-state index contributed by atoms with van der Waals surface area (Å²) in [6, 6.07) is 1.72. The zero-order valence-electron chi connectivity index (χ0n) is 10.2. The average molecular weight is 234 g/mol. The van der Waals surface area contributed by atoms with Gasteiger partial charge in [-0.2, -0.15) is 0 Å². The molecule has 4 nitrogen and oxygen atoms in total. The first-order valence-corrected chi connectivity index (χ1v) is 6.41. The lowest BCUT2D eigenvalue weighted by Gasteiger charge is -2.52. The molecule has 2 fully saturated rings. The molecule has 0 bridgehead atoms. The molecule has 0 aromatic carbocycles. The number of hydrogen-bond donors (Lipinski definition) is 0. The van der Waals surface area contributed by atoms with E-state index in [0.717, 1.165) is 13.1 Å². The molecule has 1 saturated heterocycles. The van der Waals surface area contributed by atoms with E-state index in [1.807, 2.05) is 11.8 Å². The van der Waals surface area contributed by atoms with E-state index in [1.54, 1.807) is 6.07 Å². The molecule has 92 valence electrons. The predicted octanol–water partition coefficient (Wildman–Crippen LogP) is 2.39. The molecule has 1 spiro atoms. The quantitative estimate of drug-likeness (QED) is 0.749. The Kier molecular flexibility index (Phi) is 2.45. The standard InChI is InChI=1S/C13H18N2O2/c1-10-7-11(14-17-10)12(16)15-8-13(9-15)5-3-2-4-6-13/h7H,2-6,8-9H2,1H3. The van der Waals surface area contributed by atoms with Crippen LogP contribution in [-0.4, -0.2) is 29.1 Å². The van der Waals surface area contributed by atoms with Gasteiger partial charge in [-0.15, -0.1) is 0 Å². The Balaban J connectivity index is 1.63. The van der Waals surface area contributed by atoms with Gasteiger partial charge in [-0.05, 0) is 19.8 Å². The third-order valence-corrected chi connectivity index (χ3v) is 4.10. The van der Waals surface area contributed by atoms with E-state index < -0.39 is 0 Å². The molecule has 1 amide bonds. The van der Waals surface area contributed by atoms with Crippen molar-refractivity contribution in [2.24, 2.45) is 5.41 Å². The highest BCUT2D eigenvalue weighted by molar-refractivity contribution is 5.92. The fraction of sp³-hybridized carbons (Fsp3) is 0.692. The predicted molar refractivity (Wildman–Crippen MR) is 62.7 cm³/mol. The number of carbonyl (C=O) groups is 1. The minimum atomic E-state index is 0.0260. The Morgan fingerprint density at radius 2 is 2.06 bits per heavy atom.